The molecule has 0 aromatic carbocycles. The molecule has 0 bridgehead atoms. The van der Waals surface area contributed by atoms with Gasteiger partial charge < -0.3 is 20.5 Å². The van der Waals surface area contributed by atoms with E-state index in [1.54, 1.807) is 13.8 Å². The van der Waals surface area contributed by atoms with Crippen LogP contribution in [0.3, 0.4) is 0 Å². The number of hydrogen-bond acceptors (Lipinski definition) is 3. The Hall–Kier alpha value is -1.30. The van der Waals surface area contributed by atoms with Crippen LogP contribution in [0, 0.1) is 5.92 Å². The Labute approximate surface area is 82.6 Å². The number of ether oxygens (including phenoxy) is 1. The molecule has 0 aliphatic heterocycles. The lowest BCUT2D eigenvalue weighted by Gasteiger charge is -2.19. The predicted molar refractivity (Wildman–Crippen MR) is 49.8 cm³/mol. The average molecular weight is 204 g/mol. The lowest BCUT2D eigenvalue weighted by Crippen LogP contribution is -2.49. The van der Waals surface area contributed by atoms with Crippen molar-refractivity contribution in [3.05, 3.63) is 0 Å². The van der Waals surface area contributed by atoms with Crippen molar-refractivity contribution in [3.8, 4) is 0 Å². The van der Waals surface area contributed by atoms with Gasteiger partial charge in [0.15, 0.2) is 0 Å². The van der Waals surface area contributed by atoms with Crippen molar-refractivity contribution in [1.29, 1.82) is 0 Å². The third-order valence-electron chi connectivity index (χ3n) is 1.62. The first-order chi connectivity index (χ1) is 6.49. The summed E-state index contributed by atoms with van der Waals surface area (Å²) < 4.78 is 4.64. The molecule has 0 aliphatic rings. The molecule has 0 saturated carbocycles. The first-order valence-corrected chi connectivity index (χ1v) is 4.25. The van der Waals surface area contributed by atoms with Crippen LogP contribution in [0.5, 0.6) is 0 Å². The van der Waals surface area contributed by atoms with Gasteiger partial charge in [-0.05, 0) is 5.92 Å². The van der Waals surface area contributed by atoms with E-state index >= 15 is 0 Å². The highest BCUT2D eigenvalue weighted by Gasteiger charge is 2.23. The molecule has 0 saturated heterocycles. The van der Waals surface area contributed by atoms with Crippen LogP contribution < -0.4 is 10.6 Å². The zero-order chi connectivity index (χ0) is 11.1. The van der Waals surface area contributed by atoms with Gasteiger partial charge in [0.05, 0.1) is 0 Å². The summed E-state index contributed by atoms with van der Waals surface area (Å²) in [6.07, 6.45) is -1.21. The molecule has 0 aromatic rings. The summed E-state index contributed by atoms with van der Waals surface area (Å²) >= 11 is 0. The van der Waals surface area contributed by atoms with Crippen molar-refractivity contribution >= 4 is 12.0 Å². The van der Waals surface area contributed by atoms with E-state index in [2.05, 4.69) is 15.4 Å². The van der Waals surface area contributed by atoms with E-state index in [0.717, 1.165) is 0 Å². The molecule has 0 fully saturated rings. The second kappa shape index (κ2) is 6.20. The molecule has 6 nitrogen and oxygen atoms in total. The van der Waals surface area contributed by atoms with E-state index in [-0.39, 0.29) is 18.6 Å². The van der Waals surface area contributed by atoms with E-state index in [1.165, 1.54) is 7.11 Å². The molecule has 2 amide bonds. The van der Waals surface area contributed by atoms with E-state index in [0.29, 0.717) is 0 Å². The number of methoxy groups -OCH3 is 1. The minimum Gasteiger partial charge on any atom is -0.465 e. The molecule has 0 unspecified atom stereocenters. The number of hydrogen-bond donors (Lipinski definition) is 3. The number of rotatable bonds is 5. The van der Waals surface area contributed by atoms with Gasteiger partial charge in [0.25, 0.3) is 0 Å². The van der Waals surface area contributed by atoms with Crippen LogP contribution in [-0.2, 0) is 9.53 Å². The summed E-state index contributed by atoms with van der Waals surface area (Å²) in [7, 11) is 1.44. The molecule has 0 aliphatic carbocycles. The van der Waals surface area contributed by atoms with Crippen molar-refractivity contribution in [2.75, 3.05) is 13.8 Å². The second-order valence-electron chi connectivity index (χ2n) is 3.15. The quantitative estimate of drug-likeness (QED) is 0.550. The van der Waals surface area contributed by atoms with Gasteiger partial charge >= 0.3 is 6.09 Å². The molecule has 0 spiro atoms. The largest absolute Gasteiger partial charge is 0.465 e. The Morgan fingerprint density at radius 2 is 2.00 bits per heavy atom. The molecule has 3 N–H and O–H groups in total. The van der Waals surface area contributed by atoms with Crippen LogP contribution in [0.25, 0.3) is 0 Å². The van der Waals surface area contributed by atoms with Gasteiger partial charge in [0.2, 0.25) is 5.91 Å². The van der Waals surface area contributed by atoms with E-state index < -0.39 is 12.1 Å². The van der Waals surface area contributed by atoms with Gasteiger partial charge in [0.1, 0.15) is 12.8 Å². The molecular formula is C8H16N2O4. The molecule has 14 heavy (non-hydrogen) atoms. The fraction of sp³-hybridized carbons (Fsp3) is 0.750. The topological polar surface area (TPSA) is 87.7 Å². The van der Waals surface area contributed by atoms with Crippen LogP contribution in [0.15, 0.2) is 0 Å². The summed E-state index contributed by atoms with van der Waals surface area (Å²) in [5.74, 6) is -0.493. The SMILES string of the molecule is COCNC(=O)[C@@H](NC(=O)O)C(C)C. The highest BCUT2D eigenvalue weighted by molar-refractivity contribution is 5.85. The fourth-order valence-corrected chi connectivity index (χ4v) is 0.921. The number of amides is 2. The molecular weight excluding hydrogens is 188 g/mol. The standard InChI is InChI=1S/C8H16N2O4/c1-5(2)6(10-8(12)13)7(11)9-4-14-3/h5-6,10H,4H2,1-3H3,(H,9,11)(H,12,13)/t6-/m0/s1. The minimum atomic E-state index is -1.21. The maximum Gasteiger partial charge on any atom is 0.405 e. The second-order valence-corrected chi connectivity index (χ2v) is 3.15. The predicted octanol–water partition coefficient (Wildman–Crippen LogP) is -0.00130. The van der Waals surface area contributed by atoms with Gasteiger partial charge in [-0.1, -0.05) is 13.8 Å². The van der Waals surface area contributed by atoms with Crippen LogP contribution in [0.2, 0.25) is 0 Å². The minimum absolute atomic E-state index is 0.0728. The third kappa shape index (κ3) is 4.66. The van der Waals surface area contributed by atoms with Crippen LogP contribution in [0.1, 0.15) is 13.8 Å². The fourth-order valence-electron chi connectivity index (χ4n) is 0.921. The summed E-state index contributed by atoms with van der Waals surface area (Å²) in [6.45, 7) is 3.59. The van der Waals surface area contributed by atoms with E-state index in [9.17, 15) is 9.59 Å². The van der Waals surface area contributed by atoms with Gasteiger partial charge in [-0.25, -0.2) is 4.79 Å². The van der Waals surface area contributed by atoms with Gasteiger partial charge in [0, 0.05) is 7.11 Å². The molecule has 1 atom stereocenters. The van der Waals surface area contributed by atoms with Crippen molar-refractivity contribution < 1.29 is 19.4 Å². The molecule has 0 radical (unpaired) electrons. The van der Waals surface area contributed by atoms with E-state index in [4.69, 9.17) is 5.11 Å². The van der Waals surface area contributed by atoms with Gasteiger partial charge in [-0.15, -0.1) is 0 Å². The molecule has 0 heterocycles. The van der Waals surface area contributed by atoms with Crippen LogP contribution in [-0.4, -0.2) is 37.0 Å². The molecule has 6 heteroatoms. The lowest BCUT2D eigenvalue weighted by atomic mass is 10.0. The Kier molecular flexibility index (Phi) is 5.62. The van der Waals surface area contributed by atoms with Crippen molar-refractivity contribution in [1.82, 2.24) is 10.6 Å². The number of carboxylic acid groups (broad SMARTS) is 1. The number of nitrogens with one attached hydrogen (secondary N) is 2. The smallest absolute Gasteiger partial charge is 0.405 e. The Morgan fingerprint density at radius 1 is 1.43 bits per heavy atom. The first kappa shape index (κ1) is 12.7. The number of carbonyl (C=O) groups is 2. The third-order valence-corrected chi connectivity index (χ3v) is 1.62. The van der Waals surface area contributed by atoms with Crippen molar-refractivity contribution in [2.24, 2.45) is 5.92 Å². The van der Waals surface area contributed by atoms with Gasteiger partial charge in [-0.3, -0.25) is 4.79 Å². The Balaban J connectivity index is 4.19. The lowest BCUT2D eigenvalue weighted by molar-refractivity contribution is -0.125. The van der Waals surface area contributed by atoms with E-state index in [1.807, 2.05) is 0 Å². The Bertz CT molecular complexity index is 206. The first-order valence-electron chi connectivity index (χ1n) is 4.25. The number of carbonyl (C=O) groups excluding carboxylic acids is 1. The summed E-state index contributed by atoms with van der Waals surface area (Å²) in [4.78, 5) is 21.7. The van der Waals surface area contributed by atoms with Gasteiger partial charge in [-0.2, -0.15) is 0 Å². The maximum absolute atomic E-state index is 11.4. The zero-order valence-corrected chi connectivity index (χ0v) is 8.53. The van der Waals surface area contributed by atoms with Crippen LogP contribution in [0.4, 0.5) is 4.79 Å². The monoisotopic (exact) mass is 204 g/mol. The zero-order valence-electron chi connectivity index (χ0n) is 8.53. The maximum atomic E-state index is 11.4. The summed E-state index contributed by atoms with van der Waals surface area (Å²) in [5.41, 5.74) is 0. The highest BCUT2D eigenvalue weighted by atomic mass is 16.5. The molecule has 82 valence electrons. The van der Waals surface area contributed by atoms with Crippen LogP contribution >= 0.6 is 0 Å². The highest BCUT2D eigenvalue weighted by Crippen LogP contribution is 2.01. The van der Waals surface area contributed by atoms with Crippen molar-refractivity contribution in [3.63, 3.8) is 0 Å². The summed E-state index contributed by atoms with van der Waals surface area (Å²) in [5, 5.41) is 13.1. The normalized spacial score (nSPS) is 12.3. The Morgan fingerprint density at radius 3 is 2.36 bits per heavy atom. The van der Waals surface area contributed by atoms with Crippen molar-refractivity contribution in [2.45, 2.75) is 19.9 Å². The molecule has 0 rings (SSSR count). The summed E-state index contributed by atoms with van der Waals surface area (Å²) in [6, 6.07) is -0.748. The molecule has 0 aromatic heterocycles. The average Bonchev–Trinajstić information content (AvgIpc) is 2.09.